The predicted octanol–water partition coefficient (Wildman–Crippen LogP) is 4.03. The van der Waals surface area contributed by atoms with Crippen molar-refractivity contribution in [1.82, 2.24) is 0 Å². The fourth-order valence-electron chi connectivity index (χ4n) is 3.50. The van der Waals surface area contributed by atoms with E-state index >= 15 is 4.39 Å². The molecule has 0 amide bonds. The number of halogens is 1. The molecule has 1 aliphatic carbocycles. The molecule has 2 heteroatoms. The van der Waals surface area contributed by atoms with Crippen molar-refractivity contribution >= 4 is 0 Å². The van der Waals surface area contributed by atoms with Gasteiger partial charge < -0.3 is 5.73 Å². The lowest BCUT2D eigenvalue weighted by Crippen LogP contribution is -2.43. The summed E-state index contributed by atoms with van der Waals surface area (Å²) in [5, 5.41) is 0. The van der Waals surface area contributed by atoms with Crippen molar-refractivity contribution in [2.75, 3.05) is 6.54 Å². The third-order valence-corrected chi connectivity index (χ3v) is 4.57. The fourth-order valence-corrected chi connectivity index (χ4v) is 3.50. The van der Waals surface area contributed by atoms with E-state index in [1.807, 2.05) is 30.3 Å². The molecule has 0 bridgehead atoms. The van der Waals surface area contributed by atoms with Gasteiger partial charge in [0.2, 0.25) is 0 Å². The van der Waals surface area contributed by atoms with Crippen molar-refractivity contribution in [3.8, 4) is 0 Å². The summed E-state index contributed by atoms with van der Waals surface area (Å²) >= 11 is 0. The molecule has 0 saturated heterocycles. The van der Waals surface area contributed by atoms with Crippen LogP contribution in [0, 0.1) is 11.8 Å². The quantitative estimate of drug-likeness (QED) is 0.856. The highest BCUT2D eigenvalue weighted by molar-refractivity contribution is 5.24. The fraction of sp³-hybridized carbons (Fsp3) is 0.625. The highest BCUT2D eigenvalue weighted by Crippen LogP contribution is 2.45. The maximum atomic E-state index is 15.5. The molecule has 18 heavy (non-hydrogen) atoms. The van der Waals surface area contributed by atoms with E-state index in [1.165, 1.54) is 6.42 Å². The minimum absolute atomic E-state index is 0.0867. The molecule has 3 atom stereocenters. The standard InChI is InChI=1S/C16H24FN/c1-2-13-8-6-7-11-15(13)16(17,12-18)14-9-4-3-5-10-14/h3-5,9-10,13,15H,2,6-8,11-12,18H2,1H3. The number of benzene rings is 1. The minimum Gasteiger partial charge on any atom is -0.327 e. The normalized spacial score (nSPS) is 27.7. The van der Waals surface area contributed by atoms with Crippen molar-refractivity contribution in [2.45, 2.75) is 44.7 Å². The minimum atomic E-state index is -1.34. The molecule has 2 N–H and O–H groups in total. The molecule has 0 aromatic heterocycles. The summed E-state index contributed by atoms with van der Waals surface area (Å²) in [5.74, 6) is 0.566. The summed E-state index contributed by atoms with van der Waals surface area (Å²) in [7, 11) is 0. The van der Waals surface area contributed by atoms with Gasteiger partial charge in [-0.2, -0.15) is 0 Å². The Labute approximate surface area is 110 Å². The first-order valence-electron chi connectivity index (χ1n) is 7.17. The zero-order valence-corrected chi connectivity index (χ0v) is 11.2. The summed E-state index contributed by atoms with van der Waals surface area (Å²) in [6.07, 6.45) is 5.56. The number of rotatable bonds is 4. The molecular weight excluding hydrogens is 225 g/mol. The summed E-state index contributed by atoms with van der Waals surface area (Å²) in [4.78, 5) is 0. The van der Waals surface area contributed by atoms with Gasteiger partial charge in [0.05, 0.1) is 0 Å². The van der Waals surface area contributed by atoms with Crippen molar-refractivity contribution in [3.05, 3.63) is 35.9 Å². The van der Waals surface area contributed by atoms with Crippen molar-refractivity contribution in [2.24, 2.45) is 17.6 Å². The van der Waals surface area contributed by atoms with Crippen LogP contribution in [-0.4, -0.2) is 6.54 Å². The van der Waals surface area contributed by atoms with Crippen LogP contribution in [0.3, 0.4) is 0 Å². The lowest BCUT2D eigenvalue weighted by atomic mass is 9.67. The Hall–Kier alpha value is -0.890. The van der Waals surface area contributed by atoms with E-state index in [2.05, 4.69) is 6.92 Å². The zero-order valence-electron chi connectivity index (χ0n) is 11.2. The number of nitrogens with two attached hydrogens (primary N) is 1. The monoisotopic (exact) mass is 249 g/mol. The Morgan fingerprint density at radius 3 is 2.50 bits per heavy atom. The molecule has 1 aromatic carbocycles. The Bertz CT molecular complexity index is 365. The highest BCUT2D eigenvalue weighted by Gasteiger charge is 2.43. The number of hydrogen-bond donors (Lipinski definition) is 1. The van der Waals surface area contributed by atoms with E-state index in [1.54, 1.807) is 0 Å². The van der Waals surface area contributed by atoms with E-state index in [9.17, 15) is 0 Å². The van der Waals surface area contributed by atoms with E-state index < -0.39 is 5.67 Å². The Morgan fingerprint density at radius 1 is 1.22 bits per heavy atom. The van der Waals surface area contributed by atoms with Gasteiger partial charge in [0.15, 0.2) is 5.67 Å². The Morgan fingerprint density at radius 2 is 1.89 bits per heavy atom. The molecule has 1 fully saturated rings. The Balaban J connectivity index is 2.30. The van der Waals surface area contributed by atoms with Crippen molar-refractivity contribution < 1.29 is 4.39 Å². The van der Waals surface area contributed by atoms with Crippen LogP contribution >= 0.6 is 0 Å². The summed E-state index contributed by atoms with van der Waals surface area (Å²) in [6.45, 7) is 2.27. The second-order valence-electron chi connectivity index (χ2n) is 5.49. The molecule has 3 unspecified atom stereocenters. The molecular formula is C16H24FN. The largest absolute Gasteiger partial charge is 0.327 e. The molecule has 2 rings (SSSR count). The van der Waals surface area contributed by atoms with Crippen LogP contribution in [0.15, 0.2) is 30.3 Å². The van der Waals surface area contributed by atoms with Crippen LogP contribution in [-0.2, 0) is 5.67 Å². The van der Waals surface area contributed by atoms with Crippen molar-refractivity contribution in [3.63, 3.8) is 0 Å². The van der Waals surface area contributed by atoms with Gasteiger partial charge in [-0.3, -0.25) is 0 Å². The maximum Gasteiger partial charge on any atom is 0.151 e. The molecule has 0 aliphatic heterocycles. The lowest BCUT2D eigenvalue weighted by Gasteiger charge is -2.41. The van der Waals surface area contributed by atoms with Gasteiger partial charge >= 0.3 is 0 Å². The summed E-state index contributed by atoms with van der Waals surface area (Å²) < 4.78 is 15.5. The first kappa shape index (κ1) is 13.5. The van der Waals surface area contributed by atoms with E-state index in [4.69, 9.17) is 5.73 Å². The molecule has 0 radical (unpaired) electrons. The first-order chi connectivity index (χ1) is 8.72. The lowest BCUT2D eigenvalue weighted by molar-refractivity contribution is 0.0200. The van der Waals surface area contributed by atoms with Crippen LogP contribution in [0.1, 0.15) is 44.6 Å². The van der Waals surface area contributed by atoms with Crippen LogP contribution < -0.4 is 5.73 Å². The molecule has 1 saturated carbocycles. The van der Waals surface area contributed by atoms with E-state index in [0.29, 0.717) is 5.92 Å². The van der Waals surface area contributed by atoms with Crippen LogP contribution in [0.4, 0.5) is 4.39 Å². The second kappa shape index (κ2) is 5.83. The zero-order chi connectivity index (χ0) is 13.0. The summed E-state index contributed by atoms with van der Waals surface area (Å²) in [5.41, 5.74) is 5.23. The molecule has 1 aromatic rings. The van der Waals surface area contributed by atoms with Gasteiger partial charge in [0.25, 0.3) is 0 Å². The summed E-state index contributed by atoms with van der Waals surface area (Å²) in [6, 6.07) is 9.51. The van der Waals surface area contributed by atoms with Crippen LogP contribution in [0.5, 0.6) is 0 Å². The SMILES string of the molecule is CCC1CCCCC1C(F)(CN)c1ccccc1. The molecule has 0 heterocycles. The van der Waals surface area contributed by atoms with Gasteiger partial charge in [0, 0.05) is 12.5 Å². The van der Waals surface area contributed by atoms with E-state index in [0.717, 1.165) is 31.2 Å². The molecule has 1 aliphatic rings. The number of alkyl halides is 1. The Kier molecular flexibility index (Phi) is 4.39. The average molecular weight is 249 g/mol. The second-order valence-corrected chi connectivity index (χ2v) is 5.49. The van der Waals surface area contributed by atoms with Gasteiger partial charge in [-0.15, -0.1) is 0 Å². The van der Waals surface area contributed by atoms with Gasteiger partial charge in [-0.1, -0.05) is 62.9 Å². The molecule has 1 nitrogen and oxygen atoms in total. The topological polar surface area (TPSA) is 26.0 Å². The highest BCUT2D eigenvalue weighted by atomic mass is 19.1. The smallest absolute Gasteiger partial charge is 0.151 e. The van der Waals surface area contributed by atoms with Gasteiger partial charge in [0.1, 0.15) is 0 Å². The van der Waals surface area contributed by atoms with E-state index in [-0.39, 0.29) is 12.5 Å². The maximum absolute atomic E-state index is 15.5. The van der Waals surface area contributed by atoms with Crippen LogP contribution in [0.25, 0.3) is 0 Å². The van der Waals surface area contributed by atoms with Crippen LogP contribution in [0.2, 0.25) is 0 Å². The average Bonchev–Trinajstić information content (AvgIpc) is 2.47. The van der Waals surface area contributed by atoms with Gasteiger partial charge in [-0.05, 0) is 17.9 Å². The first-order valence-corrected chi connectivity index (χ1v) is 7.17. The van der Waals surface area contributed by atoms with Gasteiger partial charge in [-0.25, -0.2) is 4.39 Å². The predicted molar refractivity (Wildman–Crippen MR) is 74.0 cm³/mol. The molecule has 100 valence electrons. The number of hydrogen-bond acceptors (Lipinski definition) is 1. The third-order valence-electron chi connectivity index (χ3n) is 4.57. The molecule has 0 spiro atoms. The third kappa shape index (κ3) is 2.44. The van der Waals surface area contributed by atoms with Crippen molar-refractivity contribution in [1.29, 1.82) is 0 Å².